The highest BCUT2D eigenvalue weighted by Crippen LogP contribution is 2.24. The number of aliphatic carboxylic acids is 1. The van der Waals surface area contributed by atoms with Crippen molar-refractivity contribution in [2.24, 2.45) is 5.92 Å². The Hall–Kier alpha value is -2.00. The quantitative estimate of drug-likeness (QED) is 0.772. The standard InChI is InChI=1S/C16H19F3N2O4.ClH/c1-10(11-2-4-13(5-3-11)25-16(17,18)19)20-14(22)9-21-7-6-12(8-21)15(23)24;/h2-5,10,12H,6-9H2,1H3,(H,20,22)(H,23,24);1H. The zero-order chi connectivity index (χ0) is 18.6. The molecule has 2 unspecified atom stereocenters. The summed E-state index contributed by atoms with van der Waals surface area (Å²) in [4.78, 5) is 24.7. The molecule has 1 heterocycles. The fourth-order valence-electron chi connectivity index (χ4n) is 2.71. The Morgan fingerprint density at radius 1 is 1.35 bits per heavy atom. The molecule has 0 bridgehead atoms. The van der Waals surface area contributed by atoms with Crippen LogP contribution in [0.15, 0.2) is 24.3 Å². The number of nitrogens with one attached hydrogen (secondary N) is 1. The Morgan fingerprint density at radius 3 is 2.46 bits per heavy atom. The zero-order valence-electron chi connectivity index (χ0n) is 14.0. The number of hydrogen-bond donors (Lipinski definition) is 2. The van der Waals surface area contributed by atoms with E-state index in [1.165, 1.54) is 24.3 Å². The molecule has 0 spiro atoms. The van der Waals surface area contributed by atoms with Crippen molar-refractivity contribution < 1.29 is 32.6 Å². The molecule has 1 aromatic carbocycles. The third kappa shape index (κ3) is 6.72. The first-order chi connectivity index (χ1) is 11.6. The van der Waals surface area contributed by atoms with E-state index in [0.717, 1.165) is 0 Å². The smallest absolute Gasteiger partial charge is 0.481 e. The summed E-state index contributed by atoms with van der Waals surface area (Å²) in [5.74, 6) is -1.91. The molecule has 10 heteroatoms. The molecule has 1 aromatic rings. The van der Waals surface area contributed by atoms with Gasteiger partial charge in [0, 0.05) is 6.54 Å². The number of carboxylic acid groups (broad SMARTS) is 1. The lowest BCUT2D eigenvalue weighted by Crippen LogP contribution is -2.37. The lowest BCUT2D eigenvalue weighted by molar-refractivity contribution is -0.274. The number of carbonyl (C=O) groups is 2. The molecule has 2 rings (SSSR count). The lowest BCUT2D eigenvalue weighted by atomic mass is 10.1. The highest BCUT2D eigenvalue weighted by molar-refractivity contribution is 5.85. The highest BCUT2D eigenvalue weighted by atomic mass is 35.5. The SMILES string of the molecule is CC(NC(=O)CN1CCC(C(=O)O)C1)c1ccc(OC(F)(F)F)cc1.Cl. The molecule has 6 nitrogen and oxygen atoms in total. The van der Waals surface area contributed by atoms with Crippen LogP contribution in [-0.4, -0.2) is 47.9 Å². The largest absolute Gasteiger partial charge is 0.573 e. The summed E-state index contributed by atoms with van der Waals surface area (Å²) in [6.07, 6.45) is -4.23. The first-order valence-electron chi connectivity index (χ1n) is 7.74. The van der Waals surface area contributed by atoms with E-state index in [4.69, 9.17) is 5.11 Å². The molecule has 2 atom stereocenters. The molecular weight excluding hydrogens is 377 g/mol. The average molecular weight is 397 g/mol. The molecule has 1 aliphatic heterocycles. The molecule has 1 amide bonds. The first-order valence-corrected chi connectivity index (χ1v) is 7.74. The molecule has 2 N–H and O–H groups in total. The second-order valence-electron chi connectivity index (χ2n) is 5.96. The van der Waals surface area contributed by atoms with Gasteiger partial charge >= 0.3 is 12.3 Å². The average Bonchev–Trinajstić information content (AvgIpc) is 2.94. The van der Waals surface area contributed by atoms with Crippen molar-refractivity contribution in [3.05, 3.63) is 29.8 Å². The van der Waals surface area contributed by atoms with Gasteiger partial charge < -0.3 is 15.2 Å². The van der Waals surface area contributed by atoms with Gasteiger partial charge in [0.25, 0.3) is 0 Å². The monoisotopic (exact) mass is 396 g/mol. The van der Waals surface area contributed by atoms with Crippen LogP contribution in [-0.2, 0) is 9.59 Å². The number of benzene rings is 1. The molecule has 0 radical (unpaired) electrons. The van der Waals surface area contributed by atoms with Crippen molar-refractivity contribution in [1.82, 2.24) is 10.2 Å². The van der Waals surface area contributed by atoms with Crippen molar-refractivity contribution in [3.8, 4) is 5.75 Å². The van der Waals surface area contributed by atoms with Crippen molar-refractivity contribution in [2.45, 2.75) is 25.7 Å². The van der Waals surface area contributed by atoms with Crippen molar-refractivity contribution >= 4 is 24.3 Å². The van der Waals surface area contributed by atoms with E-state index in [9.17, 15) is 22.8 Å². The van der Waals surface area contributed by atoms with E-state index < -0.39 is 24.3 Å². The topological polar surface area (TPSA) is 78.9 Å². The minimum atomic E-state index is -4.75. The molecule has 0 aliphatic carbocycles. The number of carboxylic acids is 1. The van der Waals surface area contributed by atoms with E-state index >= 15 is 0 Å². The number of alkyl halides is 3. The molecule has 0 saturated carbocycles. The normalized spacial score (nSPS) is 18.7. The Kier molecular flexibility index (Phi) is 7.70. The Labute approximate surface area is 154 Å². The third-order valence-electron chi connectivity index (χ3n) is 3.98. The summed E-state index contributed by atoms with van der Waals surface area (Å²) in [6.45, 7) is 2.67. The van der Waals surface area contributed by atoms with Gasteiger partial charge in [-0.05, 0) is 37.6 Å². The molecule has 1 saturated heterocycles. The summed E-state index contributed by atoms with van der Waals surface area (Å²) < 4.78 is 40.2. The van der Waals surface area contributed by atoms with Crippen LogP contribution in [0.3, 0.4) is 0 Å². The first kappa shape index (κ1) is 22.0. The molecule has 26 heavy (non-hydrogen) atoms. The van der Waals surface area contributed by atoms with E-state index in [1.54, 1.807) is 11.8 Å². The van der Waals surface area contributed by atoms with E-state index in [2.05, 4.69) is 10.1 Å². The van der Waals surface area contributed by atoms with E-state index in [-0.39, 0.29) is 30.6 Å². The van der Waals surface area contributed by atoms with Gasteiger partial charge in [0.1, 0.15) is 5.75 Å². The predicted molar refractivity (Wildman–Crippen MR) is 89.1 cm³/mol. The molecule has 0 aromatic heterocycles. The molecule has 146 valence electrons. The summed E-state index contributed by atoms with van der Waals surface area (Å²) in [7, 11) is 0. The van der Waals surface area contributed by atoms with Crippen LogP contribution >= 0.6 is 12.4 Å². The summed E-state index contributed by atoms with van der Waals surface area (Å²) >= 11 is 0. The van der Waals surface area contributed by atoms with Crippen molar-refractivity contribution in [1.29, 1.82) is 0 Å². The number of halogens is 4. The highest BCUT2D eigenvalue weighted by Gasteiger charge is 2.31. The number of rotatable bonds is 6. The van der Waals surface area contributed by atoms with Crippen LogP contribution in [0.5, 0.6) is 5.75 Å². The maximum absolute atomic E-state index is 12.1. The van der Waals surface area contributed by atoms with Gasteiger partial charge in [-0.1, -0.05) is 12.1 Å². The number of ether oxygens (including phenoxy) is 1. The van der Waals surface area contributed by atoms with Crippen LogP contribution in [0.2, 0.25) is 0 Å². The second-order valence-corrected chi connectivity index (χ2v) is 5.96. The Balaban J connectivity index is 0.00000338. The fourth-order valence-corrected chi connectivity index (χ4v) is 2.71. The molecule has 1 aliphatic rings. The van der Waals surface area contributed by atoms with Crippen molar-refractivity contribution in [3.63, 3.8) is 0 Å². The van der Waals surface area contributed by atoms with Crippen LogP contribution in [0.4, 0.5) is 13.2 Å². The maximum atomic E-state index is 12.1. The number of nitrogens with zero attached hydrogens (tertiary/aromatic N) is 1. The van der Waals surface area contributed by atoms with Crippen LogP contribution < -0.4 is 10.1 Å². The second kappa shape index (κ2) is 9.09. The number of likely N-dealkylation sites (tertiary alicyclic amines) is 1. The van der Waals surface area contributed by atoms with E-state index in [1.807, 2.05) is 0 Å². The molecular formula is C16H20ClF3N2O4. The van der Waals surface area contributed by atoms with Gasteiger partial charge in [0.2, 0.25) is 5.91 Å². The van der Waals surface area contributed by atoms with Gasteiger partial charge in [0.15, 0.2) is 0 Å². The third-order valence-corrected chi connectivity index (χ3v) is 3.98. The van der Waals surface area contributed by atoms with Gasteiger partial charge in [-0.25, -0.2) is 0 Å². The zero-order valence-corrected chi connectivity index (χ0v) is 14.8. The summed E-state index contributed by atoms with van der Waals surface area (Å²) in [5.41, 5.74) is 0.632. The number of carbonyl (C=O) groups excluding carboxylic acids is 1. The van der Waals surface area contributed by atoms with Crippen LogP contribution in [0, 0.1) is 5.92 Å². The van der Waals surface area contributed by atoms with Gasteiger partial charge in [-0.2, -0.15) is 0 Å². The van der Waals surface area contributed by atoms with Gasteiger partial charge in [-0.15, -0.1) is 25.6 Å². The number of amides is 1. The Morgan fingerprint density at radius 2 is 1.96 bits per heavy atom. The minimum absolute atomic E-state index is 0. The molecule has 1 fully saturated rings. The summed E-state index contributed by atoms with van der Waals surface area (Å²) in [5, 5.41) is 11.7. The summed E-state index contributed by atoms with van der Waals surface area (Å²) in [6, 6.07) is 4.86. The van der Waals surface area contributed by atoms with Gasteiger partial charge in [-0.3, -0.25) is 14.5 Å². The van der Waals surface area contributed by atoms with Crippen LogP contribution in [0.1, 0.15) is 24.9 Å². The lowest BCUT2D eigenvalue weighted by Gasteiger charge is -2.19. The fraction of sp³-hybridized carbons (Fsp3) is 0.500. The van der Waals surface area contributed by atoms with Crippen molar-refractivity contribution in [2.75, 3.05) is 19.6 Å². The van der Waals surface area contributed by atoms with Crippen LogP contribution in [0.25, 0.3) is 0 Å². The van der Waals surface area contributed by atoms with E-state index in [0.29, 0.717) is 25.1 Å². The van der Waals surface area contributed by atoms with Gasteiger partial charge in [0.05, 0.1) is 18.5 Å². The minimum Gasteiger partial charge on any atom is -0.481 e. The maximum Gasteiger partial charge on any atom is 0.573 e. The predicted octanol–water partition coefficient (Wildman–Crippen LogP) is 2.59. The Bertz CT molecular complexity index is 625. The number of hydrogen-bond acceptors (Lipinski definition) is 4.